The van der Waals surface area contributed by atoms with E-state index in [1.165, 1.54) is 11.1 Å². The van der Waals surface area contributed by atoms with Crippen LogP contribution in [-0.2, 0) is 17.8 Å². The van der Waals surface area contributed by atoms with Gasteiger partial charge >= 0.3 is 0 Å². The Bertz CT molecular complexity index is 503. The number of nitrogens with one attached hydrogen (secondary N) is 2. The normalized spacial score (nSPS) is 29.3. The van der Waals surface area contributed by atoms with Crippen LogP contribution in [0.15, 0.2) is 24.3 Å². The predicted molar refractivity (Wildman–Crippen MR) is 81.8 cm³/mol. The molecule has 2 aliphatic rings. The Morgan fingerprint density at radius 1 is 1.14 bits per heavy atom. The van der Waals surface area contributed by atoms with E-state index in [2.05, 4.69) is 22.8 Å². The third-order valence-corrected chi connectivity index (χ3v) is 4.70. The maximum atomic E-state index is 12.4. The molecule has 1 fully saturated rings. The van der Waals surface area contributed by atoms with Crippen LogP contribution in [0.5, 0.6) is 0 Å². The van der Waals surface area contributed by atoms with Gasteiger partial charge in [-0.2, -0.15) is 0 Å². The summed E-state index contributed by atoms with van der Waals surface area (Å²) in [7, 11) is 0. The molecule has 3 N–H and O–H groups in total. The first-order valence-electron chi connectivity index (χ1n) is 8.02. The molecule has 1 aliphatic carbocycles. The van der Waals surface area contributed by atoms with Gasteiger partial charge < -0.3 is 15.7 Å². The number of carbonyl (C=O) groups is 1. The maximum absolute atomic E-state index is 12.4. The molecule has 0 bridgehead atoms. The molecular formula is C17H24N2O2. The second-order valence-electron chi connectivity index (χ2n) is 6.23. The Kier molecular flexibility index (Phi) is 4.56. The van der Waals surface area contributed by atoms with Crippen LogP contribution in [0.25, 0.3) is 0 Å². The highest BCUT2D eigenvalue weighted by atomic mass is 16.3. The van der Waals surface area contributed by atoms with Gasteiger partial charge in [0.15, 0.2) is 0 Å². The summed E-state index contributed by atoms with van der Waals surface area (Å²) in [5, 5.41) is 16.5. The van der Waals surface area contributed by atoms with E-state index in [0.717, 1.165) is 45.1 Å². The highest BCUT2D eigenvalue weighted by Crippen LogP contribution is 2.20. The van der Waals surface area contributed by atoms with Gasteiger partial charge in [0.2, 0.25) is 5.91 Å². The minimum Gasteiger partial charge on any atom is -0.391 e. The number of rotatable bonds is 2. The van der Waals surface area contributed by atoms with Crippen molar-refractivity contribution in [3.05, 3.63) is 35.4 Å². The largest absolute Gasteiger partial charge is 0.391 e. The first-order valence-corrected chi connectivity index (χ1v) is 8.02. The Balaban J connectivity index is 1.61. The van der Waals surface area contributed by atoms with E-state index < -0.39 is 6.10 Å². The van der Waals surface area contributed by atoms with Crippen LogP contribution in [0, 0.1) is 0 Å². The van der Waals surface area contributed by atoms with Crippen LogP contribution in [0.2, 0.25) is 0 Å². The molecule has 3 rings (SSSR count). The lowest BCUT2D eigenvalue weighted by molar-refractivity contribution is -0.125. The van der Waals surface area contributed by atoms with Crippen molar-refractivity contribution in [2.45, 2.75) is 63.3 Å². The maximum Gasteiger partial charge on any atom is 0.237 e. The van der Waals surface area contributed by atoms with E-state index in [4.69, 9.17) is 0 Å². The molecule has 1 aliphatic heterocycles. The minimum atomic E-state index is -0.396. The van der Waals surface area contributed by atoms with E-state index in [1.807, 2.05) is 12.1 Å². The lowest BCUT2D eigenvalue weighted by Crippen LogP contribution is -2.52. The van der Waals surface area contributed by atoms with Gasteiger partial charge in [-0.1, -0.05) is 43.5 Å². The molecule has 21 heavy (non-hydrogen) atoms. The van der Waals surface area contributed by atoms with Gasteiger partial charge in [0.25, 0.3) is 0 Å². The third kappa shape index (κ3) is 3.44. The highest BCUT2D eigenvalue weighted by Gasteiger charge is 2.28. The average Bonchev–Trinajstić information content (AvgIpc) is 2.72. The Morgan fingerprint density at radius 2 is 1.90 bits per heavy atom. The molecule has 0 aromatic heterocycles. The molecule has 1 aromatic rings. The molecule has 114 valence electrons. The predicted octanol–water partition coefficient (Wildman–Crippen LogP) is 1.51. The SMILES string of the molecule is O=C(NC1CCCCCC1O)C1Cc2ccccc2CN1. The second kappa shape index (κ2) is 6.58. The summed E-state index contributed by atoms with van der Waals surface area (Å²) in [6, 6.07) is 7.98. The minimum absolute atomic E-state index is 0.0236. The molecule has 0 radical (unpaired) electrons. The van der Waals surface area contributed by atoms with Gasteiger partial charge in [-0.05, 0) is 30.4 Å². The summed E-state index contributed by atoms with van der Waals surface area (Å²) in [4.78, 5) is 12.4. The number of hydrogen-bond donors (Lipinski definition) is 3. The van der Waals surface area contributed by atoms with E-state index in [-0.39, 0.29) is 18.0 Å². The first-order chi connectivity index (χ1) is 10.2. The topological polar surface area (TPSA) is 61.4 Å². The number of aliphatic hydroxyl groups is 1. The van der Waals surface area contributed by atoms with Crippen molar-refractivity contribution >= 4 is 5.91 Å². The number of benzene rings is 1. The van der Waals surface area contributed by atoms with E-state index in [1.54, 1.807) is 0 Å². The van der Waals surface area contributed by atoms with Crippen molar-refractivity contribution in [1.29, 1.82) is 0 Å². The average molecular weight is 288 g/mol. The quantitative estimate of drug-likeness (QED) is 0.723. The first kappa shape index (κ1) is 14.5. The van der Waals surface area contributed by atoms with Crippen LogP contribution in [0.1, 0.15) is 43.2 Å². The monoisotopic (exact) mass is 288 g/mol. The Labute approximate surface area is 125 Å². The molecule has 1 amide bonds. The number of amides is 1. The summed E-state index contributed by atoms with van der Waals surface area (Å²) in [5.74, 6) is 0.0236. The van der Waals surface area contributed by atoms with Crippen LogP contribution < -0.4 is 10.6 Å². The molecular weight excluding hydrogens is 264 g/mol. The van der Waals surface area contributed by atoms with E-state index >= 15 is 0 Å². The molecule has 3 unspecified atom stereocenters. The molecule has 0 spiro atoms. The van der Waals surface area contributed by atoms with E-state index in [9.17, 15) is 9.90 Å². The van der Waals surface area contributed by atoms with E-state index in [0.29, 0.717) is 0 Å². The van der Waals surface area contributed by atoms with Gasteiger partial charge in [0, 0.05) is 6.54 Å². The summed E-state index contributed by atoms with van der Waals surface area (Å²) in [5.41, 5.74) is 2.52. The molecule has 3 atom stereocenters. The van der Waals surface area contributed by atoms with Crippen molar-refractivity contribution in [1.82, 2.24) is 10.6 Å². The van der Waals surface area contributed by atoms with Gasteiger partial charge in [0.05, 0.1) is 18.2 Å². The third-order valence-electron chi connectivity index (χ3n) is 4.70. The Hall–Kier alpha value is -1.39. The molecule has 1 saturated carbocycles. The fourth-order valence-corrected chi connectivity index (χ4v) is 3.38. The zero-order valence-electron chi connectivity index (χ0n) is 12.3. The van der Waals surface area contributed by atoms with Gasteiger partial charge in [0.1, 0.15) is 0 Å². The van der Waals surface area contributed by atoms with Crippen LogP contribution in [0.3, 0.4) is 0 Å². The summed E-state index contributed by atoms with van der Waals surface area (Å²) in [6.07, 6.45) is 5.31. The summed E-state index contributed by atoms with van der Waals surface area (Å²) in [6.45, 7) is 0.738. The van der Waals surface area contributed by atoms with Gasteiger partial charge in [-0.25, -0.2) is 0 Å². The standard InChI is InChI=1S/C17H24N2O2/c20-16-9-3-1-2-8-14(16)19-17(21)15-10-12-6-4-5-7-13(12)11-18-15/h4-7,14-16,18,20H,1-3,8-11H2,(H,19,21). The molecule has 1 aromatic carbocycles. The van der Waals surface area contributed by atoms with Crippen LogP contribution in [0.4, 0.5) is 0 Å². The zero-order valence-corrected chi connectivity index (χ0v) is 12.3. The number of hydrogen-bond acceptors (Lipinski definition) is 3. The van der Waals surface area contributed by atoms with Crippen molar-refractivity contribution in [3.63, 3.8) is 0 Å². The second-order valence-corrected chi connectivity index (χ2v) is 6.23. The van der Waals surface area contributed by atoms with Crippen molar-refractivity contribution < 1.29 is 9.90 Å². The van der Waals surface area contributed by atoms with Crippen LogP contribution in [-0.4, -0.2) is 29.2 Å². The number of fused-ring (bicyclic) bond motifs is 1. The molecule has 1 heterocycles. The van der Waals surface area contributed by atoms with Crippen molar-refractivity contribution in [2.24, 2.45) is 0 Å². The molecule has 0 saturated heterocycles. The summed E-state index contributed by atoms with van der Waals surface area (Å²) < 4.78 is 0. The van der Waals surface area contributed by atoms with Gasteiger partial charge in [-0.15, -0.1) is 0 Å². The van der Waals surface area contributed by atoms with Crippen LogP contribution >= 0.6 is 0 Å². The van der Waals surface area contributed by atoms with Crippen molar-refractivity contribution in [3.8, 4) is 0 Å². The fraction of sp³-hybridized carbons (Fsp3) is 0.588. The Morgan fingerprint density at radius 3 is 2.76 bits per heavy atom. The smallest absolute Gasteiger partial charge is 0.237 e. The summed E-state index contributed by atoms with van der Waals surface area (Å²) >= 11 is 0. The molecule has 4 heteroatoms. The number of carbonyl (C=O) groups excluding carboxylic acids is 1. The number of aliphatic hydroxyl groups excluding tert-OH is 1. The lowest BCUT2D eigenvalue weighted by atomic mass is 9.95. The lowest BCUT2D eigenvalue weighted by Gasteiger charge is -2.28. The van der Waals surface area contributed by atoms with Gasteiger partial charge in [-0.3, -0.25) is 4.79 Å². The zero-order chi connectivity index (χ0) is 14.7. The van der Waals surface area contributed by atoms with Crippen molar-refractivity contribution in [2.75, 3.05) is 0 Å². The fourth-order valence-electron chi connectivity index (χ4n) is 3.38. The highest BCUT2D eigenvalue weighted by molar-refractivity contribution is 5.82. The molecule has 4 nitrogen and oxygen atoms in total.